The Morgan fingerprint density at radius 2 is 1.87 bits per heavy atom. The molecule has 38 heavy (non-hydrogen) atoms. The standard InChI is InChI=1S/C25H30ClN3O6S3/c1-17-16-28-36-25(17)21-8-4-7-20(15-21)19(3)29(13-6-11-24(30)27-12-14-37(31,32)33)38(34,35)23-10-5-9-22(26)18(23)2/h4-5,7-10,15-16,19H,6,11-14H2,1-3H3,(H,27,30)(H,31,32,33)/t19-/m0/s1. The lowest BCUT2D eigenvalue weighted by Gasteiger charge is -2.30. The SMILES string of the molecule is Cc1cnsc1-c1cccc([C@H](C)N(CCCC(=O)NCCS(=O)(=O)O)S(=O)(=O)c2cccc(Cl)c2C)c1. The molecule has 0 aliphatic carbocycles. The van der Waals surface area contributed by atoms with Crippen molar-refractivity contribution < 1.29 is 26.2 Å². The molecule has 3 aromatic rings. The summed E-state index contributed by atoms with van der Waals surface area (Å²) < 4.78 is 63.9. The minimum atomic E-state index is -4.19. The van der Waals surface area contributed by atoms with Crippen LogP contribution in [0.15, 0.2) is 53.6 Å². The van der Waals surface area contributed by atoms with Crippen LogP contribution in [-0.2, 0) is 24.9 Å². The van der Waals surface area contributed by atoms with Gasteiger partial charge in [0.15, 0.2) is 0 Å². The molecule has 0 spiro atoms. The second kappa shape index (κ2) is 12.7. The molecule has 0 aliphatic heterocycles. The Morgan fingerprint density at radius 1 is 1.16 bits per heavy atom. The van der Waals surface area contributed by atoms with Crippen LogP contribution in [0.4, 0.5) is 0 Å². The van der Waals surface area contributed by atoms with Crippen molar-refractivity contribution in [1.82, 2.24) is 14.0 Å². The van der Waals surface area contributed by atoms with E-state index < -0.39 is 37.8 Å². The Morgan fingerprint density at radius 3 is 2.53 bits per heavy atom. The average Bonchev–Trinajstić information content (AvgIpc) is 3.28. The van der Waals surface area contributed by atoms with E-state index in [-0.39, 0.29) is 30.8 Å². The Bertz CT molecular complexity index is 1510. The van der Waals surface area contributed by atoms with Crippen molar-refractivity contribution in [1.29, 1.82) is 0 Å². The van der Waals surface area contributed by atoms with Gasteiger partial charge < -0.3 is 5.32 Å². The molecule has 1 amide bonds. The smallest absolute Gasteiger partial charge is 0.266 e. The first kappa shape index (κ1) is 30.2. The van der Waals surface area contributed by atoms with Crippen LogP contribution < -0.4 is 5.32 Å². The molecule has 0 fully saturated rings. The van der Waals surface area contributed by atoms with Crippen LogP contribution in [0.3, 0.4) is 0 Å². The van der Waals surface area contributed by atoms with Crippen LogP contribution in [0.1, 0.15) is 42.5 Å². The number of hydrogen-bond donors (Lipinski definition) is 2. The summed E-state index contributed by atoms with van der Waals surface area (Å²) in [6.07, 6.45) is 1.95. The molecule has 2 aromatic carbocycles. The molecule has 0 unspecified atom stereocenters. The van der Waals surface area contributed by atoms with Gasteiger partial charge in [-0.1, -0.05) is 35.9 Å². The third-order valence-corrected chi connectivity index (χ3v) is 10.3. The van der Waals surface area contributed by atoms with Gasteiger partial charge in [-0.3, -0.25) is 9.35 Å². The first-order valence-corrected chi connectivity index (χ1v) is 16.0. The molecule has 0 radical (unpaired) electrons. The molecule has 0 bridgehead atoms. The van der Waals surface area contributed by atoms with Crippen molar-refractivity contribution in [2.75, 3.05) is 18.8 Å². The zero-order valence-electron chi connectivity index (χ0n) is 21.2. The van der Waals surface area contributed by atoms with Crippen molar-refractivity contribution in [3.05, 3.63) is 70.4 Å². The number of aromatic nitrogens is 1. The zero-order chi connectivity index (χ0) is 28.1. The van der Waals surface area contributed by atoms with Crippen molar-refractivity contribution in [2.24, 2.45) is 0 Å². The van der Waals surface area contributed by atoms with Crippen molar-refractivity contribution in [3.63, 3.8) is 0 Å². The number of carbonyl (C=O) groups excluding carboxylic acids is 1. The molecule has 3 rings (SSSR count). The summed E-state index contributed by atoms with van der Waals surface area (Å²) in [7, 11) is -8.21. The fourth-order valence-electron chi connectivity index (χ4n) is 3.99. The highest BCUT2D eigenvalue weighted by Crippen LogP contribution is 2.34. The van der Waals surface area contributed by atoms with Crippen molar-refractivity contribution in [2.45, 2.75) is 44.6 Å². The number of nitrogens with zero attached hydrogens (tertiary/aromatic N) is 2. The molecule has 0 saturated heterocycles. The molecule has 9 nitrogen and oxygen atoms in total. The van der Waals surface area contributed by atoms with E-state index in [1.54, 1.807) is 32.2 Å². The summed E-state index contributed by atoms with van der Waals surface area (Å²) in [5.41, 5.74) is 3.17. The number of hydrogen-bond acceptors (Lipinski definition) is 7. The zero-order valence-corrected chi connectivity index (χ0v) is 24.4. The monoisotopic (exact) mass is 599 g/mol. The van der Waals surface area contributed by atoms with Crippen LogP contribution in [-0.4, -0.2) is 54.8 Å². The van der Waals surface area contributed by atoms with Gasteiger partial charge in [-0.05, 0) is 79.2 Å². The van der Waals surface area contributed by atoms with E-state index in [9.17, 15) is 21.6 Å². The molecule has 206 valence electrons. The summed E-state index contributed by atoms with van der Waals surface area (Å²) in [6, 6.07) is 11.8. The maximum Gasteiger partial charge on any atom is 0.266 e. The first-order valence-electron chi connectivity index (χ1n) is 11.8. The van der Waals surface area contributed by atoms with Gasteiger partial charge >= 0.3 is 0 Å². The normalized spacial score (nSPS) is 13.0. The minimum Gasteiger partial charge on any atom is -0.355 e. The van der Waals surface area contributed by atoms with E-state index in [0.717, 1.165) is 21.6 Å². The molecule has 0 saturated carbocycles. The van der Waals surface area contributed by atoms with Crippen molar-refractivity contribution in [3.8, 4) is 10.4 Å². The summed E-state index contributed by atoms with van der Waals surface area (Å²) in [5.74, 6) is -1.04. The van der Waals surface area contributed by atoms with E-state index in [1.165, 1.54) is 21.9 Å². The quantitative estimate of drug-likeness (QED) is 0.290. The minimum absolute atomic E-state index is 0.0289. The summed E-state index contributed by atoms with van der Waals surface area (Å²) >= 11 is 7.61. The van der Waals surface area contributed by atoms with Gasteiger partial charge in [-0.2, -0.15) is 12.7 Å². The number of sulfonamides is 1. The molecule has 1 heterocycles. The summed E-state index contributed by atoms with van der Waals surface area (Å²) in [4.78, 5) is 13.3. The maximum absolute atomic E-state index is 13.9. The largest absolute Gasteiger partial charge is 0.355 e. The number of carbonyl (C=O) groups is 1. The number of rotatable bonds is 12. The first-order chi connectivity index (χ1) is 17.8. The topological polar surface area (TPSA) is 134 Å². The highest BCUT2D eigenvalue weighted by atomic mass is 35.5. The van der Waals surface area contributed by atoms with Gasteiger partial charge in [0.25, 0.3) is 10.1 Å². The number of halogens is 1. The van der Waals surface area contributed by atoms with Crippen LogP contribution in [0.2, 0.25) is 5.02 Å². The van der Waals surface area contributed by atoms with E-state index in [2.05, 4.69) is 9.69 Å². The Labute approximate surface area is 232 Å². The number of nitrogens with one attached hydrogen (secondary N) is 1. The van der Waals surface area contributed by atoms with Crippen LogP contribution >= 0.6 is 23.1 Å². The number of amides is 1. The molecular formula is C25H30ClN3O6S3. The highest BCUT2D eigenvalue weighted by molar-refractivity contribution is 7.89. The number of benzene rings is 2. The van der Waals surface area contributed by atoms with Crippen LogP contribution in [0.5, 0.6) is 0 Å². The van der Waals surface area contributed by atoms with E-state index in [1.807, 2.05) is 31.2 Å². The van der Waals surface area contributed by atoms with Gasteiger partial charge in [0.2, 0.25) is 15.9 Å². The van der Waals surface area contributed by atoms with Crippen LogP contribution in [0, 0.1) is 13.8 Å². The van der Waals surface area contributed by atoms with Gasteiger partial charge in [-0.15, -0.1) is 0 Å². The average molecular weight is 600 g/mol. The lowest BCUT2D eigenvalue weighted by Crippen LogP contribution is -2.36. The highest BCUT2D eigenvalue weighted by Gasteiger charge is 2.31. The fraction of sp³-hybridized carbons (Fsp3) is 0.360. The number of aryl methyl sites for hydroxylation is 1. The Balaban J connectivity index is 1.88. The van der Waals surface area contributed by atoms with E-state index in [0.29, 0.717) is 10.6 Å². The lowest BCUT2D eigenvalue weighted by molar-refractivity contribution is -0.121. The Kier molecular flexibility index (Phi) is 10.1. The molecule has 1 atom stereocenters. The third kappa shape index (κ3) is 7.61. The molecule has 2 N–H and O–H groups in total. The maximum atomic E-state index is 13.9. The summed E-state index contributed by atoms with van der Waals surface area (Å²) in [5, 5.41) is 2.75. The predicted octanol–water partition coefficient (Wildman–Crippen LogP) is 4.62. The molecular weight excluding hydrogens is 570 g/mol. The second-order valence-corrected chi connectivity index (χ2v) is 13.5. The molecule has 13 heteroatoms. The summed E-state index contributed by atoms with van der Waals surface area (Å²) in [6.45, 7) is 5.21. The lowest BCUT2D eigenvalue weighted by atomic mass is 10.0. The molecule has 0 aliphatic rings. The predicted molar refractivity (Wildman–Crippen MR) is 149 cm³/mol. The van der Waals surface area contributed by atoms with Gasteiger partial charge in [0.1, 0.15) is 0 Å². The Hall–Kier alpha value is -2.35. The van der Waals surface area contributed by atoms with Crippen molar-refractivity contribution >= 4 is 49.2 Å². The van der Waals surface area contributed by atoms with Gasteiger partial charge in [-0.25, -0.2) is 12.8 Å². The van der Waals surface area contributed by atoms with Gasteiger partial charge in [0.05, 0.1) is 15.5 Å². The van der Waals surface area contributed by atoms with E-state index in [4.69, 9.17) is 16.2 Å². The van der Waals surface area contributed by atoms with E-state index >= 15 is 0 Å². The second-order valence-electron chi connectivity index (χ2n) is 8.86. The third-order valence-electron chi connectivity index (χ3n) is 6.08. The van der Waals surface area contributed by atoms with Gasteiger partial charge in [0, 0.05) is 36.8 Å². The van der Waals surface area contributed by atoms with Crippen LogP contribution in [0.25, 0.3) is 10.4 Å². The fourth-order valence-corrected chi connectivity index (χ4v) is 7.24. The molecule has 1 aromatic heterocycles.